The van der Waals surface area contributed by atoms with Crippen LogP contribution in [0, 0.1) is 0 Å². The molecule has 2 heterocycles. The molecule has 2 aliphatic heterocycles. The Morgan fingerprint density at radius 1 is 0.955 bits per heavy atom. The molecular weight excluding hydrogens is 336 g/mol. The number of likely N-dealkylation sites (N-methyl/N-ethyl adjacent to an activating group) is 2. The summed E-state index contributed by atoms with van der Waals surface area (Å²) in [5.41, 5.74) is 0.239. The highest BCUT2D eigenvalue weighted by atomic mass is 32.2. The van der Waals surface area contributed by atoms with Crippen LogP contribution in [0.15, 0.2) is 43.9 Å². The van der Waals surface area contributed by atoms with Crippen molar-refractivity contribution in [3.05, 3.63) is 34.1 Å². The second kappa shape index (κ2) is 6.06. The van der Waals surface area contributed by atoms with Crippen LogP contribution in [0.4, 0.5) is 0 Å². The number of nitrogens with zero attached hydrogens (tertiary/aromatic N) is 2. The zero-order valence-corrected chi connectivity index (χ0v) is 14.6. The number of thiocarbonyl (C=S) groups is 1. The number of carbonyl (C=O) groups is 2. The van der Waals surface area contributed by atoms with E-state index in [9.17, 15) is 9.59 Å². The Kier molecular flexibility index (Phi) is 4.29. The van der Waals surface area contributed by atoms with Gasteiger partial charge in [0.2, 0.25) is 0 Å². The monoisotopic (exact) mass is 350 g/mol. The van der Waals surface area contributed by atoms with E-state index in [1.54, 1.807) is 0 Å². The molecule has 0 radical (unpaired) electrons. The van der Waals surface area contributed by atoms with Crippen LogP contribution >= 0.6 is 35.7 Å². The van der Waals surface area contributed by atoms with E-state index in [1.807, 2.05) is 38.1 Å². The van der Waals surface area contributed by atoms with E-state index in [0.29, 0.717) is 18.2 Å². The Hall–Kier alpha value is -1.31. The van der Waals surface area contributed by atoms with Gasteiger partial charge in [-0.15, -0.1) is 0 Å². The first kappa shape index (κ1) is 15.6. The van der Waals surface area contributed by atoms with Crippen LogP contribution in [0.3, 0.4) is 0 Å². The lowest BCUT2D eigenvalue weighted by molar-refractivity contribution is -0.133. The van der Waals surface area contributed by atoms with E-state index in [4.69, 9.17) is 12.2 Å². The Morgan fingerprint density at radius 2 is 1.41 bits per heavy atom. The van der Waals surface area contributed by atoms with Crippen molar-refractivity contribution in [3.8, 4) is 0 Å². The average Bonchev–Trinajstić information content (AvgIpc) is 2.91. The summed E-state index contributed by atoms with van der Waals surface area (Å²) in [7, 11) is 0. The van der Waals surface area contributed by atoms with Crippen LogP contribution < -0.4 is 0 Å². The number of hydrogen-bond acceptors (Lipinski definition) is 5. The Morgan fingerprint density at radius 3 is 1.82 bits per heavy atom. The molecule has 114 valence electrons. The molecule has 0 bridgehead atoms. The van der Waals surface area contributed by atoms with E-state index in [0.717, 1.165) is 14.0 Å². The number of amides is 2. The van der Waals surface area contributed by atoms with Gasteiger partial charge in [-0.1, -0.05) is 35.7 Å². The topological polar surface area (TPSA) is 40.6 Å². The van der Waals surface area contributed by atoms with Crippen LogP contribution in [-0.4, -0.2) is 39.8 Å². The van der Waals surface area contributed by atoms with Crippen molar-refractivity contribution in [2.45, 2.75) is 23.6 Å². The standard InChI is InChI=1S/C15H14N2O2S3/c1-3-16-12(18)11(13(19)17(4-2)15(16)20)14-21-9-7-5-6-8-10(9)22-14/h5-8H,3-4H2,1-2H3. The summed E-state index contributed by atoms with van der Waals surface area (Å²) >= 11 is 8.23. The lowest BCUT2D eigenvalue weighted by Crippen LogP contribution is -2.56. The summed E-state index contributed by atoms with van der Waals surface area (Å²) in [6, 6.07) is 7.91. The molecule has 1 saturated heterocycles. The summed E-state index contributed by atoms with van der Waals surface area (Å²) in [5.74, 6) is -0.574. The highest BCUT2D eigenvalue weighted by molar-refractivity contribution is 8.24. The van der Waals surface area contributed by atoms with Gasteiger partial charge in [0, 0.05) is 22.9 Å². The molecule has 1 aromatic rings. The molecule has 1 aromatic carbocycles. The maximum Gasteiger partial charge on any atom is 0.267 e. The maximum atomic E-state index is 12.7. The van der Waals surface area contributed by atoms with Gasteiger partial charge in [0.1, 0.15) is 5.57 Å². The molecule has 2 aliphatic rings. The fraction of sp³-hybridized carbons (Fsp3) is 0.267. The predicted molar refractivity (Wildman–Crippen MR) is 92.6 cm³/mol. The SMILES string of the molecule is CCN1C(=O)C(=C2Sc3ccccc3S2)C(=O)N(CC)C1=S. The number of benzene rings is 1. The zero-order valence-electron chi connectivity index (χ0n) is 12.2. The number of rotatable bonds is 2. The van der Waals surface area contributed by atoms with Crippen LogP contribution in [0.1, 0.15) is 13.8 Å². The largest absolute Gasteiger partial charge is 0.285 e. The highest BCUT2D eigenvalue weighted by Gasteiger charge is 2.41. The third-order valence-corrected chi connectivity index (χ3v) is 6.47. The third kappa shape index (κ3) is 2.37. The minimum Gasteiger partial charge on any atom is -0.285 e. The normalized spacial score (nSPS) is 18.4. The van der Waals surface area contributed by atoms with Gasteiger partial charge >= 0.3 is 0 Å². The number of hydrogen-bond donors (Lipinski definition) is 0. The molecule has 0 atom stereocenters. The summed E-state index contributed by atoms with van der Waals surface area (Å²) in [5, 5.41) is 0.301. The minimum absolute atomic E-state index is 0.239. The molecule has 0 saturated carbocycles. The first-order chi connectivity index (χ1) is 10.6. The van der Waals surface area contributed by atoms with Crippen LogP contribution in [0.5, 0.6) is 0 Å². The Labute approximate surface area is 142 Å². The lowest BCUT2D eigenvalue weighted by atomic mass is 10.2. The number of carbonyl (C=O) groups excluding carboxylic acids is 2. The molecular formula is C15H14N2O2S3. The van der Waals surface area contributed by atoms with Crippen LogP contribution in [-0.2, 0) is 9.59 Å². The molecule has 0 aliphatic carbocycles. The van der Waals surface area contributed by atoms with Crippen molar-refractivity contribution in [1.82, 2.24) is 9.80 Å². The van der Waals surface area contributed by atoms with E-state index in [2.05, 4.69) is 0 Å². The molecule has 3 rings (SSSR count). The van der Waals surface area contributed by atoms with Gasteiger partial charge in [-0.3, -0.25) is 19.4 Å². The first-order valence-electron chi connectivity index (χ1n) is 6.95. The van der Waals surface area contributed by atoms with Crippen molar-refractivity contribution in [2.75, 3.05) is 13.1 Å². The van der Waals surface area contributed by atoms with Crippen molar-refractivity contribution in [3.63, 3.8) is 0 Å². The number of thioether (sulfide) groups is 2. The third-order valence-electron chi connectivity index (χ3n) is 3.47. The first-order valence-corrected chi connectivity index (χ1v) is 8.99. The van der Waals surface area contributed by atoms with Crippen LogP contribution in [0.2, 0.25) is 0 Å². The molecule has 22 heavy (non-hydrogen) atoms. The van der Waals surface area contributed by atoms with Crippen molar-refractivity contribution >= 4 is 52.7 Å². The van der Waals surface area contributed by atoms with Gasteiger partial charge in [0.15, 0.2) is 5.11 Å². The quantitative estimate of drug-likeness (QED) is 0.466. The lowest BCUT2D eigenvalue weighted by Gasteiger charge is -2.35. The second-order valence-corrected chi connectivity index (χ2v) is 7.42. The van der Waals surface area contributed by atoms with Gasteiger partial charge in [0.05, 0.1) is 4.24 Å². The van der Waals surface area contributed by atoms with Crippen molar-refractivity contribution in [1.29, 1.82) is 0 Å². The van der Waals surface area contributed by atoms with E-state index in [-0.39, 0.29) is 17.4 Å². The minimum atomic E-state index is -0.287. The highest BCUT2D eigenvalue weighted by Crippen LogP contribution is 2.52. The molecule has 0 N–H and O–H groups in total. The fourth-order valence-corrected chi connectivity index (χ4v) is 5.32. The molecule has 1 fully saturated rings. The molecule has 2 amide bonds. The van der Waals surface area contributed by atoms with Gasteiger partial charge < -0.3 is 0 Å². The fourth-order valence-electron chi connectivity index (χ4n) is 2.35. The number of fused-ring (bicyclic) bond motifs is 1. The average molecular weight is 350 g/mol. The molecule has 4 nitrogen and oxygen atoms in total. The second-order valence-electron chi connectivity index (χ2n) is 4.69. The molecule has 0 aromatic heterocycles. The van der Waals surface area contributed by atoms with Crippen molar-refractivity contribution < 1.29 is 9.59 Å². The Balaban J connectivity index is 2.06. The smallest absolute Gasteiger partial charge is 0.267 e. The maximum absolute atomic E-state index is 12.7. The zero-order chi connectivity index (χ0) is 15.9. The molecule has 7 heteroatoms. The summed E-state index contributed by atoms with van der Waals surface area (Å²) in [6.07, 6.45) is 0. The summed E-state index contributed by atoms with van der Waals surface area (Å²) in [6.45, 7) is 4.64. The van der Waals surface area contributed by atoms with Gasteiger partial charge in [-0.2, -0.15) is 0 Å². The van der Waals surface area contributed by atoms with E-state index in [1.165, 1.54) is 33.3 Å². The Bertz CT molecular complexity index is 659. The van der Waals surface area contributed by atoms with E-state index < -0.39 is 0 Å². The van der Waals surface area contributed by atoms with Gasteiger partial charge in [0.25, 0.3) is 11.8 Å². The summed E-state index contributed by atoms with van der Waals surface area (Å²) in [4.78, 5) is 30.5. The van der Waals surface area contributed by atoms with Gasteiger partial charge in [-0.05, 0) is 38.2 Å². The predicted octanol–water partition coefficient (Wildman–Crippen LogP) is 3.09. The molecule has 0 unspecified atom stereocenters. The van der Waals surface area contributed by atoms with E-state index >= 15 is 0 Å². The van der Waals surface area contributed by atoms with Crippen LogP contribution in [0.25, 0.3) is 0 Å². The van der Waals surface area contributed by atoms with Gasteiger partial charge in [-0.25, -0.2) is 0 Å². The molecule has 0 spiro atoms. The summed E-state index contributed by atoms with van der Waals surface area (Å²) < 4.78 is 0.746. The van der Waals surface area contributed by atoms with Crippen molar-refractivity contribution in [2.24, 2.45) is 0 Å².